The van der Waals surface area contributed by atoms with Gasteiger partial charge >= 0.3 is 111 Å². The number of allylic oxidation sites excluding steroid dienone is 6. The van der Waals surface area contributed by atoms with Gasteiger partial charge in [-0.05, 0) is 11.0 Å². The molecule has 1 saturated carbocycles. The Morgan fingerprint density at radius 1 is 0.867 bits per heavy atom. The molecule has 30 heavy (non-hydrogen) atoms. The van der Waals surface area contributed by atoms with Gasteiger partial charge in [-0.15, -0.1) is 0 Å². The molecule has 0 aliphatic heterocycles. The average Bonchev–Trinajstić information content (AvgIpc) is 2.95. The first-order chi connectivity index (χ1) is 12.9. The Balaban J connectivity index is 0.000000579. The van der Waals surface area contributed by atoms with Crippen molar-refractivity contribution in [2.75, 3.05) is 0 Å². The van der Waals surface area contributed by atoms with E-state index < -0.39 is 33.0 Å². The van der Waals surface area contributed by atoms with E-state index in [4.69, 9.17) is 0 Å². The minimum absolute atomic E-state index is 0. The first-order valence-corrected chi connectivity index (χ1v) is 23.2. The molecule has 1 fully saturated rings. The van der Waals surface area contributed by atoms with Crippen molar-refractivity contribution in [1.82, 2.24) is 3.80 Å². The van der Waals surface area contributed by atoms with Gasteiger partial charge in [0.1, 0.15) is 0 Å². The third-order valence-corrected chi connectivity index (χ3v) is 17.0. The number of rotatable bonds is 5. The fourth-order valence-electron chi connectivity index (χ4n) is 4.76. The summed E-state index contributed by atoms with van der Waals surface area (Å²) in [6.07, 6.45) is 12.2. The summed E-state index contributed by atoms with van der Waals surface area (Å²) < 4.78 is 4.94. The molecule has 174 valence electrons. The molecule has 0 radical (unpaired) electrons. The molecule has 0 heterocycles. The van der Waals surface area contributed by atoms with E-state index in [1.54, 1.807) is 0 Å². The molecule has 0 aromatic heterocycles. The van der Waals surface area contributed by atoms with E-state index in [0.717, 1.165) is 16.1 Å². The second kappa shape index (κ2) is 10.9. The van der Waals surface area contributed by atoms with Crippen LogP contribution in [0, 0.1) is 11.8 Å². The fraction of sp³-hybridized carbons (Fsp3) is 0.680. The quantitative estimate of drug-likeness (QED) is 0.321. The zero-order valence-electron chi connectivity index (χ0n) is 21.4. The summed E-state index contributed by atoms with van der Waals surface area (Å²) in [5.41, 5.74) is 0.274. The molecule has 0 spiro atoms. The fourth-order valence-corrected chi connectivity index (χ4v) is 15.6. The van der Waals surface area contributed by atoms with Crippen LogP contribution in [-0.2, 0) is 16.8 Å². The standard InChI is InChI=1S/C10H22Si2.C9H11.C4H10N.2CH3.H4Si.Ti/c1-9(11(3,4)5)10(2)12(6,7)8;1-2-5-9-7-3-6-8(9)4-1;1-4(2,3)5;;;;/h1-2H2,3-8H3;1-2,4-6,8-9H,3,7H2;5H,1-3H3;2*1H3;1H4;/q;;-1;;;;+1. The van der Waals surface area contributed by atoms with Crippen LogP contribution in [0.5, 0.6) is 0 Å². The van der Waals surface area contributed by atoms with Crippen LogP contribution in [0.1, 0.15) is 33.6 Å². The molecule has 2 aliphatic rings. The predicted molar refractivity (Wildman–Crippen MR) is 149 cm³/mol. The summed E-state index contributed by atoms with van der Waals surface area (Å²) in [7, 11) is -2.39. The SMILES string of the molecule is C=C(C(=C)[Si](C)(C)C)[Si](C)(C)C.CC(C)(C)[NH][Ti]([CH3])([CH3])[CH]1CCC2C=CC=CC21.[SiH4]. The van der Waals surface area contributed by atoms with Gasteiger partial charge in [-0.1, -0.05) is 62.8 Å². The van der Waals surface area contributed by atoms with Crippen LogP contribution in [0.25, 0.3) is 0 Å². The van der Waals surface area contributed by atoms with Gasteiger partial charge in [0.25, 0.3) is 0 Å². The van der Waals surface area contributed by atoms with Gasteiger partial charge in [-0.25, -0.2) is 0 Å². The van der Waals surface area contributed by atoms with Crippen molar-refractivity contribution in [1.29, 1.82) is 0 Å². The van der Waals surface area contributed by atoms with E-state index in [9.17, 15) is 0 Å². The molecule has 1 nitrogen and oxygen atoms in total. The molecule has 2 rings (SSSR count). The second-order valence-corrected chi connectivity index (χ2v) is 29.9. The monoisotopic (exact) mass is 499 g/mol. The molecular weight excluding hydrogens is 446 g/mol. The van der Waals surface area contributed by atoms with Crippen LogP contribution < -0.4 is 3.80 Å². The minimum atomic E-state index is -1.90. The maximum Gasteiger partial charge on any atom is -0.0149 e. The molecule has 2 aliphatic carbocycles. The van der Waals surface area contributed by atoms with Crippen LogP contribution in [-0.4, -0.2) is 32.7 Å². The van der Waals surface area contributed by atoms with Gasteiger partial charge in [-0.2, -0.15) is 0 Å². The smallest absolute Gasteiger partial charge is 0.0149 e. The zero-order chi connectivity index (χ0) is 22.8. The van der Waals surface area contributed by atoms with Gasteiger partial charge in [0, 0.05) is 0 Å². The maximum atomic E-state index is 4.19. The third-order valence-electron chi connectivity index (χ3n) is 6.37. The molecule has 1 N–H and O–H groups in total. The van der Waals surface area contributed by atoms with Crippen LogP contribution in [0.4, 0.5) is 0 Å². The summed E-state index contributed by atoms with van der Waals surface area (Å²) in [5.74, 6) is 1.65. The van der Waals surface area contributed by atoms with Gasteiger partial charge in [-0.3, -0.25) is 0 Å². The molecule has 0 bridgehead atoms. The van der Waals surface area contributed by atoms with E-state index in [1.165, 1.54) is 23.2 Å². The Bertz CT molecular complexity index is 633. The van der Waals surface area contributed by atoms with Crippen molar-refractivity contribution < 1.29 is 16.8 Å². The van der Waals surface area contributed by atoms with Gasteiger partial charge < -0.3 is 0 Å². The molecule has 0 aromatic carbocycles. The predicted octanol–water partition coefficient (Wildman–Crippen LogP) is 6.88. The summed E-state index contributed by atoms with van der Waals surface area (Å²) in [6.45, 7) is 29.3. The molecule has 0 aromatic rings. The number of hydrogen-bond acceptors (Lipinski definition) is 1. The topological polar surface area (TPSA) is 12.0 Å². The Kier molecular flexibility index (Phi) is 11.0. The number of hydrogen-bond donors (Lipinski definition) is 1. The van der Waals surface area contributed by atoms with Crippen molar-refractivity contribution >= 4 is 27.1 Å². The Morgan fingerprint density at radius 2 is 1.30 bits per heavy atom. The van der Waals surface area contributed by atoms with E-state index in [0.29, 0.717) is 0 Å². The summed E-state index contributed by atoms with van der Waals surface area (Å²) >= 11 is -1.90. The summed E-state index contributed by atoms with van der Waals surface area (Å²) in [4.78, 5) is 0. The van der Waals surface area contributed by atoms with Crippen LogP contribution in [0.3, 0.4) is 0 Å². The van der Waals surface area contributed by atoms with Crippen LogP contribution in [0.15, 0.2) is 47.9 Å². The molecule has 3 unspecified atom stereocenters. The van der Waals surface area contributed by atoms with Gasteiger partial charge in [0.2, 0.25) is 0 Å². The summed E-state index contributed by atoms with van der Waals surface area (Å²) in [6, 6.07) is 0. The minimum Gasteiger partial charge on any atom is -0.0149 e. The van der Waals surface area contributed by atoms with Crippen molar-refractivity contribution in [3.05, 3.63) is 47.9 Å². The first-order valence-electron chi connectivity index (χ1n) is 11.4. The zero-order valence-corrected chi connectivity index (χ0v) is 24.9. The van der Waals surface area contributed by atoms with E-state index in [2.05, 4.69) is 112 Å². The second-order valence-electron chi connectivity index (χ2n) is 12.7. The Hall–Kier alpha value is 0.285. The largest absolute Gasteiger partial charge is 0.0149 e. The van der Waals surface area contributed by atoms with Gasteiger partial charge in [0.15, 0.2) is 0 Å². The molecule has 3 atom stereocenters. The van der Waals surface area contributed by atoms with Crippen molar-refractivity contribution in [2.24, 2.45) is 11.8 Å². The molecule has 0 saturated heterocycles. The van der Waals surface area contributed by atoms with Crippen molar-refractivity contribution in [2.45, 2.75) is 93.1 Å². The van der Waals surface area contributed by atoms with Gasteiger partial charge in [0.05, 0.1) is 16.1 Å². The van der Waals surface area contributed by atoms with Crippen LogP contribution >= 0.6 is 0 Å². The van der Waals surface area contributed by atoms with E-state index in [-0.39, 0.29) is 16.5 Å². The molecular formula is C25H53NSi3Ti. The average molecular weight is 500 g/mol. The van der Waals surface area contributed by atoms with Crippen LogP contribution in [0.2, 0.25) is 54.0 Å². The van der Waals surface area contributed by atoms with Crippen molar-refractivity contribution in [3.63, 3.8) is 0 Å². The third kappa shape index (κ3) is 9.03. The molecule has 0 amide bonds. The number of nitrogens with one attached hydrogen (secondary N) is 1. The maximum absolute atomic E-state index is 4.19. The summed E-state index contributed by atoms with van der Waals surface area (Å²) in [5, 5.41) is 7.85. The van der Waals surface area contributed by atoms with Crippen molar-refractivity contribution in [3.8, 4) is 0 Å². The first kappa shape index (κ1) is 30.3. The Morgan fingerprint density at radius 3 is 1.70 bits per heavy atom. The molecule has 5 heteroatoms. The number of fused-ring (bicyclic) bond motifs is 1. The normalized spacial score (nSPS) is 23.8. The van der Waals surface area contributed by atoms with E-state index >= 15 is 0 Å². The Labute approximate surface area is 199 Å². The van der Waals surface area contributed by atoms with E-state index in [1.807, 2.05) is 0 Å².